The molecule has 2 aliphatic carbocycles. The molecule has 3 aliphatic rings. The van der Waals surface area contributed by atoms with E-state index in [1.54, 1.807) is 12.1 Å². The summed E-state index contributed by atoms with van der Waals surface area (Å²) in [5.74, 6) is 1.71. The molecule has 0 unspecified atom stereocenters. The van der Waals surface area contributed by atoms with Gasteiger partial charge in [-0.15, -0.1) is 0 Å². The van der Waals surface area contributed by atoms with Gasteiger partial charge in [0.2, 0.25) is 0 Å². The fraction of sp³-hybridized carbons (Fsp3) is 0.682. The standard InChI is InChI=1S/C22H30F2N2O3/c1-25(2)19-9-16-11-26(12-17(16)10-20(19)28-13-14-3-4-14)21(27)15-5-7-18(8-6-15)29-22(23)24/h5-8,14,16-17,19-20,22H,3-4,9-13H2,1-2H3/t16-,17+,19-,20-/m1/s1. The lowest BCUT2D eigenvalue weighted by Gasteiger charge is -2.41. The van der Waals surface area contributed by atoms with Gasteiger partial charge in [-0.2, -0.15) is 8.78 Å². The second-order valence-corrected chi connectivity index (χ2v) is 8.95. The number of fused-ring (bicyclic) bond motifs is 1. The molecule has 0 N–H and O–H groups in total. The average Bonchev–Trinajstić information content (AvgIpc) is 3.42. The van der Waals surface area contributed by atoms with Crippen LogP contribution in [0, 0.1) is 17.8 Å². The van der Waals surface area contributed by atoms with Crippen molar-refractivity contribution < 1.29 is 23.0 Å². The van der Waals surface area contributed by atoms with E-state index in [2.05, 4.69) is 23.7 Å². The topological polar surface area (TPSA) is 42.0 Å². The number of ether oxygens (including phenoxy) is 2. The molecule has 7 heteroatoms. The number of likely N-dealkylation sites (tertiary alicyclic amines) is 1. The molecule has 0 spiro atoms. The van der Waals surface area contributed by atoms with Gasteiger partial charge in [0.05, 0.1) is 6.10 Å². The van der Waals surface area contributed by atoms with Crippen molar-refractivity contribution in [1.29, 1.82) is 0 Å². The van der Waals surface area contributed by atoms with Gasteiger partial charge < -0.3 is 19.3 Å². The van der Waals surface area contributed by atoms with Gasteiger partial charge in [-0.1, -0.05) is 0 Å². The number of hydrogen-bond acceptors (Lipinski definition) is 4. The number of rotatable bonds is 7. The molecular formula is C22H30F2N2O3. The number of carbonyl (C=O) groups excluding carboxylic acids is 1. The molecule has 1 heterocycles. The molecule has 0 bridgehead atoms. The first-order valence-electron chi connectivity index (χ1n) is 10.5. The Morgan fingerprint density at radius 1 is 1.14 bits per heavy atom. The molecule has 29 heavy (non-hydrogen) atoms. The summed E-state index contributed by atoms with van der Waals surface area (Å²) in [7, 11) is 4.22. The first kappa shape index (κ1) is 20.5. The van der Waals surface area contributed by atoms with E-state index in [0.29, 0.717) is 23.4 Å². The van der Waals surface area contributed by atoms with E-state index in [4.69, 9.17) is 4.74 Å². The maximum atomic E-state index is 12.9. The van der Waals surface area contributed by atoms with E-state index in [9.17, 15) is 13.6 Å². The first-order valence-corrected chi connectivity index (χ1v) is 10.5. The Morgan fingerprint density at radius 3 is 2.38 bits per heavy atom. The summed E-state index contributed by atoms with van der Waals surface area (Å²) < 4.78 is 35.3. The third-order valence-electron chi connectivity index (χ3n) is 6.60. The van der Waals surface area contributed by atoms with Crippen LogP contribution in [0.3, 0.4) is 0 Å². The molecule has 2 saturated carbocycles. The number of hydrogen-bond donors (Lipinski definition) is 0. The van der Waals surface area contributed by atoms with Crippen LogP contribution in [0.1, 0.15) is 36.0 Å². The fourth-order valence-corrected chi connectivity index (χ4v) is 4.78. The highest BCUT2D eigenvalue weighted by molar-refractivity contribution is 5.94. The van der Waals surface area contributed by atoms with Crippen molar-refractivity contribution in [2.45, 2.75) is 44.4 Å². The van der Waals surface area contributed by atoms with Crippen LogP contribution in [0.4, 0.5) is 8.78 Å². The van der Waals surface area contributed by atoms with Crippen LogP contribution in [0.15, 0.2) is 24.3 Å². The molecule has 0 aromatic heterocycles. The van der Waals surface area contributed by atoms with Crippen LogP contribution in [-0.4, -0.2) is 68.3 Å². The third kappa shape index (κ3) is 4.89. The number of nitrogens with zero attached hydrogens (tertiary/aromatic N) is 2. The number of benzene rings is 1. The van der Waals surface area contributed by atoms with Gasteiger partial charge in [-0.05, 0) is 81.8 Å². The smallest absolute Gasteiger partial charge is 0.387 e. The van der Waals surface area contributed by atoms with Crippen LogP contribution in [0.25, 0.3) is 0 Å². The van der Waals surface area contributed by atoms with E-state index in [0.717, 1.165) is 38.5 Å². The monoisotopic (exact) mass is 408 g/mol. The van der Waals surface area contributed by atoms with Crippen molar-refractivity contribution in [3.63, 3.8) is 0 Å². The van der Waals surface area contributed by atoms with Crippen LogP contribution in [0.5, 0.6) is 5.75 Å². The van der Waals surface area contributed by atoms with Gasteiger partial charge >= 0.3 is 6.61 Å². The van der Waals surface area contributed by atoms with Gasteiger partial charge in [0, 0.05) is 31.3 Å². The quantitative estimate of drug-likeness (QED) is 0.693. The largest absolute Gasteiger partial charge is 0.435 e. The van der Waals surface area contributed by atoms with Crippen molar-refractivity contribution >= 4 is 5.91 Å². The second kappa shape index (κ2) is 8.56. The van der Waals surface area contributed by atoms with Gasteiger partial charge in [0.25, 0.3) is 5.91 Å². The zero-order valence-corrected chi connectivity index (χ0v) is 17.1. The molecule has 3 fully saturated rings. The highest BCUT2D eigenvalue weighted by Crippen LogP contribution is 2.40. The predicted molar refractivity (Wildman–Crippen MR) is 105 cm³/mol. The molecule has 1 aromatic carbocycles. The number of amides is 1. The first-order chi connectivity index (χ1) is 13.9. The van der Waals surface area contributed by atoms with E-state index in [-0.39, 0.29) is 17.8 Å². The highest BCUT2D eigenvalue weighted by Gasteiger charge is 2.45. The molecule has 1 aromatic rings. The summed E-state index contributed by atoms with van der Waals surface area (Å²) in [6, 6.07) is 6.35. The zero-order chi connectivity index (χ0) is 20.5. The molecule has 0 radical (unpaired) electrons. The predicted octanol–water partition coefficient (Wildman–Crippen LogP) is 3.50. The summed E-state index contributed by atoms with van der Waals surface area (Å²) in [6.07, 6.45) is 4.83. The Morgan fingerprint density at radius 2 is 1.79 bits per heavy atom. The summed E-state index contributed by atoms with van der Waals surface area (Å²) in [5.41, 5.74) is 0.510. The van der Waals surface area contributed by atoms with Crippen LogP contribution in [-0.2, 0) is 4.74 Å². The number of halogens is 2. The zero-order valence-electron chi connectivity index (χ0n) is 17.1. The van der Waals surface area contributed by atoms with E-state index >= 15 is 0 Å². The van der Waals surface area contributed by atoms with Crippen molar-refractivity contribution in [2.24, 2.45) is 17.8 Å². The molecule has 1 saturated heterocycles. The van der Waals surface area contributed by atoms with Gasteiger partial charge in [-0.25, -0.2) is 0 Å². The average molecular weight is 408 g/mol. The van der Waals surface area contributed by atoms with Gasteiger partial charge in [0.15, 0.2) is 0 Å². The van der Waals surface area contributed by atoms with Crippen molar-refractivity contribution in [2.75, 3.05) is 33.8 Å². The Labute approximate surface area is 170 Å². The van der Waals surface area contributed by atoms with Crippen molar-refractivity contribution in [3.05, 3.63) is 29.8 Å². The summed E-state index contributed by atoms with van der Waals surface area (Å²) in [5, 5.41) is 0. The van der Waals surface area contributed by atoms with Crippen molar-refractivity contribution in [1.82, 2.24) is 9.80 Å². The summed E-state index contributed by atoms with van der Waals surface area (Å²) in [6.45, 7) is -0.513. The SMILES string of the molecule is CN(C)[C@@H]1C[C@@H]2CN(C(=O)c3ccc(OC(F)F)cc3)C[C@@H]2C[C@H]1OCC1CC1. The Kier molecular flexibility index (Phi) is 6.06. The third-order valence-corrected chi connectivity index (χ3v) is 6.60. The normalized spacial score (nSPS) is 29.4. The lowest BCUT2D eigenvalue weighted by atomic mass is 9.77. The van der Waals surface area contributed by atoms with Crippen LogP contribution < -0.4 is 4.74 Å². The lowest BCUT2D eigenvalue weighted by molar-refractivity contribution is -0.0499. The lowest BCUT2D eigenvalue weighted by Crippen LogP contribution is -2.48. The van der Waals surface area contributed by atoms with E-state index in [1.165, 1.54) is 25.0 Å². The van der Waals surface area contributed by atoms with Gasteiger partial charge in [0.1, 0.15) is 5.75 Å². The minimum absolute atomic E-state index is 0.0418. The Balaban J connectivity index is 1.38. The molecule has 1 aliphatic heterocycles. The Hall–Kier alpha value is -1.73. The highest BCUT2D eigenvalue weighted by atomic mass is 19.3. The molecule has 4 rings (SSSR count). The van der Waals surface area contributed by atoms with Crippen LogP contribution in [0.2, 0.25) is 0 Å². The molecule has 5 nitrogen and oxygen atoms in total. The minimum atomic E-state index is -2.86. The number of alkyl halides is 2. The molecular weight excluding hydrogens is 378 g/mol. The molecule has 160 valence electrons. The summed E-state index contributed by atoms with van der Waals surface area (Å²) in [4.78, 5) is 17.1. The molecule has 4 atom stereocenters. The number of carbonyl (C=O) groups is 1. The number of likely N-dealkylation sites (N-methyl/N-ethyl adjacent to an activating group) is 1. The van der Waals surface area contributed by atoms with Crippen LogP contribution >= 0.6 is 0 Å². The minimum Gasteiger partial charge on any atom is -0.435 e. The summed E-state index contributed by atoms with van der Waals surface area (Å²) >= 11 is 0. The maximum Gasteiger partial charge on any atom is 0.387 e. The maximum absolute atomic E-state index is 12.9. The van der Waals surface area contributed by atoms with Crippen molar-refractivity contribution in [3.8, 4) is 5.75 Å². The Bertz CT molecular complexity index is 709. The van der Waals surface area contributed by atoms with E-state index in [1.807, 2.05) is 4.90 Å². The van der Waals surface area contributed by atoms with E-state index < -0.39 is 6.61 Å². The fourth-order valence-electron chi connectivity index (χ4n) is 4.78. The second-order valence-electron chi connectivity index (χ2n) is 8.95. The van der Waals surface area contributed by atoms with Gasteiger partial charge in [-0.3, -0.25) is 4.79 Å². The molecule has 1 amide bonds.